The zero-order valence-corrected chi connectivity index (χ0v) is 26.0. The molecule has 3 heterocycles. The van der Waals surface area contributed by atoms with Crippen molar-refractivity contribution >= 4 is 23.5 Å². The molecule has 5 rings (SSSR count). The van der Waals surface area contributed by atoms with E-state index in [-0.39, 0.29) is 0 Å². The van der Waals surface area contributed by atoms with Crippen molar-refractivity contribution in [3.05, 3.63) is 72.2 Å². The maximum atomic E-state index is 15.1. The normalized spacial score (nSPS) is 21.5. The molecule has 2 aromatic carbocycles. The fraction of sp³-hybridized carbons (Fsp3) is 0.483. The molecule has 0 N–H and O–H groups in total. The van der Waals surface area contributed by atoms with Gasteiger partial charge in [0.25, 0.3) is 0 Å². The molecule has 46 heavy (non-hydrogen) atoms. The van der Waals surface area contributed by atoms with Gasteiger partial charge in [0.1, 0.15) is 0 Å². The number of alkyl halides is 12. The van der Waals surface area contributed by atoms with Crippen LogP contribution in [0, 0.1) is 0 Å². The Morgan fingerprint density at radius 1 is 0.587 bits per heavy atom. The first-order chi connectivity index (χ1) is 20.5. The number of nitrogens with zero attached hydrogens (tertiary/aromatic N) is 2. The second kappa shape index (κ2) is 9.09. The van der Waals surface area contributed by atoms with Gasteiger partial charge >= 0.3 is 255 Å². The van der Waals surface area contributed by atoms with Crippen LogP contribution in [0.5, 0.6) is 0 Å². The Balaban J connectivity index is 2.20. The van der Waals surface area contributed by atoms with Gasteiger partial charge in [0.05, 0.1) is 0 Å². The van der Waals surface area contributed by atoms with E-state index in [0.29, 0.717) is 24.3 Å². The molecule has 17 heteroatoms. The van der Waals surface area contributed by atoms with Gasteiger partial charge in [-0.25, -0.2) is 0 Å². The van der Waals surface area contributed by atoms with Crippen LogP contribution in [0.3, 0.4) is 0 Å². The van der Waals surface area contributed by atoms with Gasteiger partial charge in [-0.05, 0) is 0 Å². The minimum absolute atomic E-state index is 0.346. The molecule has 4 nitrogen and oxygen atoms in total. The maximum absolute atomic E-state index is 15.1. The van der Waals surface area contributed by atoms with Gasteiger partial charge in [0.2, 0.25) is 0 Å². The van der Waals surface area contributed by atoms with Gasteiger partial charge in [0.15, 0.2) is 0 Å². The van der Waals surface area contributed by atoms with Crippen LogP contribution in [0.15, 0.2) is 61.1 Å². The summed E-state index contributed by atoms with van der Waals surface area (Å²) in [4.78, 5) is 0. The molecule has 0 bridgehead atoms. The Bertz CT molecular complexity index is 1590. The van der Waals surface area contributed by atoms with Crippen molar-refractivity contribution in [2.75, 3.05) is 0 Å². The predicted octanol–water partition coefficient (Wildman–Crippen LogP) is 6.40. The molecule has 254 valence electrons. The monoisotopic (exact) mass is 692 g/mol. The van der Waals surface area contributed by atoms with Crippen LogP contribution in [0.4, 0.5) is 52.7 Å². The van der Waals surface area contributed by atoms with Crippen LogP contribution in [-0.2, 0) is 31.1 Å². The average Bonchev–Trinajstić information content (AvgIpc) is 3.53. The number of hydrogen-bond acceptors (Lipinski definition) is 2. The summed E-state index contributed by atoms with van der Waals surface area (Å²) in [6.07, 6.45) is -23.7. The van der Waals surface area contributed by atoms with Crippen molar-refractivity contribution in [2.24, 2.45) is 0 Å². The molecule has 1 aromatic heterocycles. The second-order valence-electron chi connectivity index (χ2n) is 13.5. The van der Waals surface area contributed by atoms with Crippen LogP contribution in [0.2, 0.25) is 0 Å². The molecule has 0 amide bonds. The van der Waals surface area contributed by atoms with Crippen molar-refractivity contribution in [2.45, 2.75) is 88.5 Å². The minimum atomic E-state index is -7.56. The predicted molar refractivity (Wildman–Crippen MR) is 142 cm³/mol. The zero-order chi connectivity index (χ0) is 35.0. The SMILES string of the molecule is CC(C)(C)n1c[n+](C(C)(C)C)cc1[Si-]12(OC(C(F)(F)F)(C(F)(F)F)c3ccccc31)OC(C(F)(F)F)(C(F)(F)F)c1ccccc12. The summed E-state index contributed by atoms with van der Waals surface area (Å²) >= 11 is 0. The molecule has 3 aromatic rings. The number of fused-ring (bicyclic) bond motifs is 4. The van der Waals surface area contributed by atoms with Gasteiger partial charge in [-0.2, -0.15) is 0 Å². The van der Waals surface area contributed by atoms with Gasteiger partial charge in [-0.15, -0.1) is 0 Å². The molecule has 1 spiro atoms. The van der Waals surface area contributed by atoms with E-state index in [9.17, 15) is 0 Å². The Kier molecular flexibility index (Phi) is 6.78. The first-order valence-electron chi connectivity index (χ1n) is 13.7. The Hall–Kier alpha value is -3.05. The number of rotatable bonds is 1. The van der Waals surface area contributed by atoms with Crippen LogP contribution in [0.25, 0.3) is 0 Å². The number of halogens is 12. The molecular weight excluding hydrogens is 664 g/mol. The van der Waals surface area contributed by atoms with E-state index in [4.69, 9.17) is 8.85 Å². The van der Waals surface area contributed by atoms with E-state index < -0.39 is 81.6 Å². The third-order valence-electron chi connectivity index (χ3n) is 8.61. The summed E-state index contributed by atoms with van der Waals surface area (Å²) in [5.74, 6) is 0. The molecule has 2 aliphatic heterocycles. The van der Waals surface area contributed by atoms with Crippen LogP contribution >= 0.6 is 0 Å². The van der Waals surface area contributed by atoms with E-state index in [1.54, 1.807) is 20.8 Å². The van der Waals surface area contributed by atoms with Gasteiger partial charge in [-0.3, -0.25) is 0 Å². The van der Waals surface area contributed by atoms with Crippen LogP contribution < -0.4 is 20.3 Å². The first-order valence-corrected chi connectivity index (χ1v) is 16.0. The van der Waals surface area contributed by atoms with E-state index in [0.717, 1.165) is 35.0 Å². The van der Waals surface area contributed by atoms with Crippen LogP contribution in [-0.4, -0.2) is 37.1 Å². The number of aromatic nitrogens is 2. The molecule has 0 aliphatic carbocycles. The molecule has 0 saturated carbocycles. The van der Waals surface area contributed by atoms with Crippen molar-refractivity contribution in [3.63, 3.8) is 0 Å². The van der Waals surface area contributed by atoms with Crippen molar-refractivity contribution in [1.82, 2.24) is 4.57 Å². The van der Waals surface area contributed by atoms with Crippen molar-refractivity contribution in [3.8, 4) is 0 Å². The van der Waals surface area contributed by atoms with Gasteiger partial charge < -0.3 is 0 Å². The van der Waals surface area contributed by atoms with Gasteiger partial charge in [-0.1, -0.05) is 0 Å². The van der Waals surface area contributed by atoms with E-state index >= 15 is 52.7 Å². The zero-order valence-electron chi connectivity index (χ0n) is 25.0. The number of hydrogen-bond donors (Lipinski definition) is 0. The molecule has 0 saturated heterocycles. The molecule has 0 radical (unpaired) electrons. The third-order valence-corrected chi connectivity index (χ3v) is 14.1. The number of imidazole rings is 1. The Morgan fingerprint density at radius 3 is 1.24 bits per heavy atom. The Labute approximate surface area is 255 Å². The molecule has 0 unspecified atom stereocenters. The summed E-state index contributed by atoms with van der Waals surface area (Å²) in [5.41, 5.74) is -16.6. The molecule has 2 aliphatic rings. The first kappa shape index (κ1) is 34.3. The second-order valence-corrected chi connectivity index (χ2v) is 17.6. The molecule has 0 fully saturated rings. The summed E-state index contributed by atoms with van der Waals surface area (Å²) in [7, 11) is -7.56. The third kappa shape index (κ3) is 3.93. The van der Waals surface area contributed by atoms with Crippen LogP contribution in [0.1, 0.15) is 52.7 Å². The standard InChI is InChI=1S/C29H28F12N2O2Si/c1-22(2,3)42-15-21(43(16-42)23(4,5)6)46(19-13-9-7-11-17(19)24(44-46,26(30,31)32)27(33,34)35)20-14-10-8-12-18(20)25(45-46,28(36,37)38)29(39,40)41/h7-16H,1-6H3. The number of benzene rings is 2. The van der Waals surface area contributed by atoms with Crippen molar-refractivity contribution < 1.29 is 66.1 Å². The fourth-order valence-corrected chi connectivity index (χ4v) is 13.5. The van der Waals surface area contributed by atoms with Gasteiger partial charge in [0, 0.05) is 0 Å². The summed E-state index contributed by atoms with van der Waals surface area (Å²) < 4.78 is 195. The fourth-order valence-electron chi connectivity index (χ4n) is 6.65. The summed E-state index contributed by atoms with van der Waals surface area (Å²) in [5, 5.41) is -3.25. The van der Waals surface area contributed by atoms with E-state index in [2.05, 4.69) is 0 Å². The molecular formula is C29H28F12N2O2Si. The van der Waals surface area contributed by atoms with E-state index in [1.165, 1.54) is 31.7 Å². The topological polar surface area (TPSA) is 27.3 Å². The van der Waals surface area contributed by atoms with Crippen molar-refractivity contribution in [1.29, 1.82) is 0 Å². The average molecular weight is 693 g/mol. The van der Waals surface area contributed by atoms with E-state index in [1.807, 2.05) is 0 Å². The summed E-state index contributed by atoms with van der Waals surface area (Å²) in [6.45, 7) is 8.97. The molecule has 0 atom stereocenters. The summed E-state index contributed by atoms with van der Waals surface area (Å²) in [6, 6.07) is 5.31. The Morgan fingerprint density at radius 2 is 0.935 bits per heavy atom. The quantitative estimate of drug-likeness (QED) is 0.168.